The zero-order chi connectivity index (χ0) is 11.7. The number of amides is 1. The van der Waals surface area contributed by atoms with E-state index in [1.54, 1.807) is 11.7 Å². The summed E-state index contributed by atoms with van der Waals surface area (Å²) >= 11 is 0. The Morgan fingerprint density at radius 2 is 2.12 bits per heavy atom. The molecule has 1 aromatic heterocycles. The zero-order valence-corrected chi connectivity index (χ0v) is 9.81. The largest absolute Gasteiger partial charge is 0.396 e. The summed E-state index contributed by atoms with van der Waals surface area (Å²) in [6, 6.07) is 0. The van der Waals surface area contributed by atoms with Gasteiger partial charge < -0.3 is 10.6 Å². The highest BCUT2D eigenvalue weighted by molar-refractivity contribution is 5.97. The van der Waals surface area contributed by atoms with Crippen LogP contribution in [0.15, 0.2) is 6.20 Å². The highest BCUT2D eigenvalue weighted by Gasteiger charge is 2.25. The maximum atomic E-state index is 12.2. The van der Waals surface area contributed by atoms with Crippen molar-refractivity contribution in [1.82, 2.24) is 14.7 Å². The first-order valence-corrected chi connectivity index (χ1v) is 5.66. The molecule has 5 nitrogen and oxygen atoms in total. The first kappa shape index (κ1) is 11.0. The van der Waals surface area contributed by atoms with E-state index in [9.17, 15) is 4.79 Å². The maximum Gasteiger partial charge on any atom is 0.274 e. The van der Waals surface area contributed by atoms with Gasteiger partial charge in [-0.25, -0.2) is 0 Å². The topological polar surface area (TPSA) is 64.2 Å². The van der Waals surface area contributed by atoms with Crippen molar-refractivity contribution < 1.29 is 4.79 Å². The van der Waals surface area contributed by atoms with Gasteiger partial charge in [-0.2, -0.15) is 5.10 Å². The fourth-order valence-electron chi connectivity index (χ4n) is 2.08. The molecule has 0 aromatic carbocycles. The molecule has 5 heteroatoms. The molecule has 2 heterocycles. The van der Waals surface area contributed by atoms with E-state index in [-0.39, 0.29) is 5.91 Å². The average molecular weight is 222 g/mol. The molecule has 1 saturated heterocycles. The van der Waals surface area contributed by atoms with Crippen LogP contribution in [-0.4, -0.2) is 33.7 Å². The number of nitrogens with two attached hydrogens (primary N) is 1. The Balaban J connectivity index is 2.14. The molecule has 0 bridgehead atoms. The molecule has 2 N–H and O–H groups in total. The van der Waals surface area contributed by atoms with Crippen LogP contribution in [-0.2, 0) is 7.05 Å². The average Bonchev–Trinajstić information content (AvgIpc) is 2.59. The summed E-state index contributed by atoms with van der Waals surface area (Å²) in [5, 5.41) is 3.99. The normalized spacial score (nSPS) is 17.8. The quantitative estimate of drug-likeness (QED) is 0.767. The molecule has 0 atom stereocenters. The number of aryl methyl sites for hydroxylation is 1. The summed E-state index contributed by atoms with van der Waals surface area (Å²) < 4.78 is 1.55. The molecule has 0 unspecified atom stereocenters. The number of nitrogens with zero attached hydrogens (tertiary/aromatic N) is 3. The number of aromatic nitrogens is 2. The van der Waals surface area contributed by atoms with Crippen LogP contribution >= 0.6 is 0 Å². The molecular formula is C11H18N4O. The number of hydrogen-bond acceptors (Lipinski definition) is 3. The lowest BCUT2D eigenvalue weighted by atomic mass is 9.99. The van der Waals surface area contributed by atoms with Crippen LogP contribution in [0, 0.1) is 5.92 Å². The first-order valence-electron chi connectivity index (χ1n) is 5.66. The predicted molar refractivity (Wildman–Crippen MR) is 61.9 cm³/mol. The minimum absolute atomic E-state index is 0.00407. The number of hydrogen-bond donors (Lipinski definition) is 1. The van der Waals surface area contributed by atoms with Gasteiger partial charge in [0.25, 0.3) is 5.91 Å². The van der Waals surface area contributed by atoms with Crippen molar-refractivity contribution in [1.29, 1.82) is 0 Å². The van der Waals surface area contributed by atoms with Gasteiger partial charge in [0.05, 0.1) is 11.9 Å². The van der Waals surface area contributed by atoms with Gasteiger partial charge in [0.1, 0.15) is 5.69 Å². The van der Waals surface area contributed by atoms with Crippen molar-refractivity contribution in [2.75, 3.05) is 18.8 Å². The Hall–Kier alpha value is -1.52. The van der Waals surface area contributed by atoms with Gasteiger partial charge in [0, 0.05) is 20.1 Å². The van der Waals surface area contributed by atoms with Crippen molar-refractivity contribution >= 4 is 11.6 Å². The van der Waals surface area contributed by atoms with Gasteiger partial charge in [-0.3, -0.25) is 9.48 Å². The fourth-order valence-corrected chi connectivity index (χ4v) is 2.08. The van der Waals surface area contributed by atoms with E-state index in [2.05, 4.69) is 12.0 Å². The SMILES string of the molecule is CC1CCN(C(=O)c2c(N)cnn2C)CC1. The Morgan fingerprint density at radius 1 is 1.50 bits per heavy atom. The maximum absolute atomic E-state index is 12.2. The fraction of sp³-hybridized carbons (Fsp3) is 0.636. The Bertz CT molecular complexity index is 371. The third kappa shape index (κ3) is 1.89. The molecule has 1 aliphatic heterocycles. The number of nitrogen functional groups attached to an aromatic ring is 1. The molecule has 1 amide bonds. The second-order valence-corrected chi connectivity index (χ2v) is 4.55. The summed E-state index contributed by atoms with van der Waals surface area (Å²) in [7, 11) is 1.75. The van der Waals surface area contributed by atoms with Crippen LogP contribution in [0.1, 0.15) is 30.3 Å². The monoisotopic (exact) mass is 222 g/mol. The molecule has 0 aliphatic carbocycles. The standard InChI is InChI=1S/C11H18N4O/c1-8-3-5-15(6-4-8)11(16)10-9(12)7-13-14(10)2/h7-8H,3-6,12H2,1-2H3. The number of piperidine rings is 1. The number of likely N-dealkylation sites (tertiary alicyclic amines) is 1. The van der Waals surface area contributed by atoms with Gasteiger partial charge in [-0.15, -0.1) is 0 Å². The van der Waals surface area contributed by atoms with Crippen LogP contribution in [0.5, 0.6) is 0 Å². The molecule has 0 radical (unpaired) electrons. The summed E-state index contributed by atoms with van der Waals surface area (Å²) in [5.41, 5.74) is 6.72. The molecule has 1 fully saturated rings. The van der Waals surface area contributed by atoms with Crippen LogP contribution in [0.3, 0.4) is 0 Å². The van der Waals surface area contributed by atoms with Crippen LogP contribution in [0.25, 0.3) is 0 Å². The summed E-state index contributed by atoms with van der Waals surface area (Å²) in [6.45, 7) is 3.87. The molecular weight excluding hydrogens is 204 g/mol. The number of carbonyl (C=O) groups is 1. The van der Waals surface area contributed by atoms with Gasteiger partial charge in [0.15, 0.2) is 0 Å². The minimum Gasteiger partial charge on any atom is -0.396 e. The van der Waals surface area contributed by atoms with E-state index < -0.39 is 0 Å². The van der Waals surface area contributed by atoms with Gasteiger partial charge in [0.2, 0.25) is 0 Å². The van der Waals surface area contributed by atoms with Crippen LogP contribution < -0.4 is 5.73 Å². The van der Waals surface area contributed by atoms with Crippen molar-refractivity contribution in [3.05, 3.63) is 11.9 Å². The van der Waals surface area contributed by atoms with Crippen molar-refractivity contribution in [2.24, 2.45) is 13.0 Å². The number of anilines is 1. The van der Waals surface area contributed by atoms with Crippen LogP contribution in [0.4, 0.5) is 5.69 Å². The third-order valence-electron chi connectivity index (χ3n) is 3.24. The van der Waals surface area contributed by atoms with Crippen LogP contribution in [0.2, 0.25) is 0 Å². The summed E-state index contributed by atoms with van der Waals surface area (Å²) in [4.78, 5) is 14.1. The second kappa shape index (κ2) is 4.15. The molecule has 1 aliphatic rings. The molecule has 16 heavy (non-hydrogen) atoms. The van der Waals surface area contributed by atoms with Crippen molar-refractivity contribution in [2.45, 2.75) is 19.8 Å². The first-order chi connectivity index (χ1) is 7.59. The van der Waals surface area contributed by atoms with Gasteiger partial charge >= 0.3 is 0 Å². The molecule has 88 valence electrons. The smallest absolute Gasteiger partial charge is 0.274 e. The Labute approximate surface area is 95.2 Å². The Morgan fingerprint density at radius 3 is 2.62 bits per heavy atom. The summed E-state index contributed by atoms with van der Waals surface area (Å²) in [6.07, 6.45) is 3.67. The molecule has 2 rings (SSSR count). The van der Waals surface area contributed by atoms with Crippen molar-refractivity contribution in [3.8, 4) is 0 Å². The lowest BCUT2D eigenvalue weighted by Gasteiger charge is -2.30. The lowest BCUT2D eigenvalue weighted by Crippen LogP contribution is -2.39. The van der Waals surface area contributed by atoms with Crippen molar-refractivity contribution in [3.63, 3.8) is 0 Å². The lowest BCUT2D eigenvalue weighted by molar-refractivity contribution is 0.0687. The minimum atomic E-state index is 0.00407. The van der Waals surface area contributed by atoms with E-state index in [0.717, 1.165) is 25.9 Å². The number of carbonyl (C=O) groups excluding carboxylic acids is 1. The van der Waals surface area contributed by atoms with E-state index in [1.807, 2.05) is 4.90 Å². The molecule has 0 saturated carbocycles. The van der Waals surface area contributed by atoms with Gasteiger partial charge in [-0.05, 0) is 18.8 Å². The van der Waals surface area contributed by atoms with E-state index in [1.165, 1.54) is 6.20 Å². The molecule has 1 aromatic rings. The second-order valence-electron chi connectivity index (χ2n) is 4.55. The predicted octanol–water partition coefficient (Wildman–Crippen LogP) is 0.874. The third-order valence-corrected chi connectivity index (χ3v) is 3.24. The highest BCUT2D eigenvalue weighted by Crippen LogP contribution is 2.20. The van der Waals surface area contributed by atoms with Gasteiger partial charge in [-0.1, -0.05) is 6.92 Å². The van der Waals surface area contributed by atoms with E-state index in [4.69, 9.17) is 5.73 Å². The summed E-state index contributed by atoms with van der Waals surface area (Å²) in [5.74, 6) is 0.720. The van der Waals surface area contributed by atoms with E-state index >= 15 is 0 Å². The molecule has 0 spiro atoms. The number of rotatable bonds is 1. The Kier molecular flexibility index (Phi) is 2.85. The zero-order valence-electron chi connectivity index (χ0n) is 9.81. The van der Waals surface area contributed by atoms with E-state index in [0.29, 0.717) is 17.3 Å². The highest BCUT2D eigenvalue weighted by atomic mass is 16.2.